The lowest BCUT2D eigenvalue weighted by Gasteiger charge is -2.10. The zero-order valence-corrected chi connectivity index (χ0v) is 13.4. The Kier molecular flexibility index (Phi) is 4.08. The normalized spacial score (nSPS) is 13.5. The second kappa shape index (κ2) is 6.01. The molecule has 3 nitrogen and oxygen atoms in total. The molecule has 0 unspecified atom stereocenters. The molecule has 1 aliphatic rings. The minimum atomic E-state index is 0. The minimum Gasteiger partial charge on any atom is -1.00 e. The van der Waals surface area contributed by atoms with Gasteiger partial charge in [0.2, 0.25) is 5.69 Å². The molecule has 0 spiro atoms. The Balaban J connectivity index is 0.00000144. The van der Waals surface area contributed by atoms with Gasteiger partial charge in [0.25, 0.3) is 0 Å². The molecule has 2 aromatic carbocycles. The number of para-hydroxylation sites is 1. The molecule has 4 heteroatoms. The summed E-state index contributed by atoms with van der Waals surface area (Å²) in [5.74, 6) is 0.904. The van der Waals surface area contributed by atoms with E-state index in [1.54, 1.807) is 7.11 Å². The molecule has 0 N–H and O–H groups in total. The van der Waals surface area contributed by atoms with Crippen LogP contribution in [-0.4, -0.2) is 11.8 Å². The first-order valence-corrected chi connectivity index (χ1v) is 7.54. The second-order valence-electron chi connectivity index (χ2n) is 5.55. The number of aromatic nitrogens is 2. The van der Waals surface area contributed by atoms with Crippen LogP contribution in [0.4, 0.5) is 0 Å². The average Bonchev–Trinajstić information content (AvgIpc) is 2.90. The van der Waals surface area contributed by atoms with Crippen LogP contribution in [0.3, 0.4) is 0 Å². The predicted octanol–water partition coefficient (Wildman–Crippen LogP) is 0.402. The molecule has 0 bridgehead atoms. The highest BCUT2D eigenvalue weighted by Crippen LogP contribution is 2.29. The van der Waals surface area contributed by atoms with Crippen LogP contribution in [0.25, 0.3) is 22.2 Å². The monoisotopic (exact) mass is 314 g/mol. The lowest BCUT2D eigenvalue weighted by atomic mass is 10.1. The molecule has 22 heavy (non-hydrogen) atoms. The maximum Gasteiger partial charge on any atom is 0.246 e. The van der Waals surface area contributed by atoms with Gasteiger partial charge in [-0.1, -0.05) is 12.1 Å². The van der Waals surface area contributed by atoms with Crippen molar-refractivity contribution in [3.63, 3.8) is 0 Å². The first-order chi connectivity index (χ1) is 10.4. The van der Waals surface area contributed by atoms with E-state index in [2.05, 4.69) is 45.8 Å². The van der Waals surface area contributed by atoms with E-state index in [0.717, 1.165) is 18.8 Å². The number of hydrogen-bond donors (Lipinski definition) is 0. The van der Waals surface area contributed by atoms with Gasteiger partial charge in [-0.2, -0.15) is 4.68 Å². The van der Waals surface area contributed by atoms with Gasteiger partial charge in [0.05, 0.1) is 19.0 Å². The number of benzene rings is 2. The summed E-state index contributed by atoms with van der Waals surface area (Å²) in [7, 11) is 1.71. The molecule has 4 rings (SSSR count). The highest BCUT2D eigenvalue weighted by molar-refractivity contribution is 5.91. The van der Waals surface area contributed by atoms with Crippen molar-refractivity contribution in [2.45, 2.75) is 25.9 Å². The Bertz CT molecular complexity index is 793. The maximum absolute atomic E-state index is 5.27. The number of fused-ring (bicyclic) bond motifs is 3. The molecule has 1 aliphatic heterocycles. The highest BCUT2D eigenvalue weighted by atomic mass is 35.5. The third-order valence-corrected chi connectivity index (χ3v) is 4.34. The Morgan fingerprint density at radius 1 is 1.00 bits per heavy atom. The summed E-state index contributed by atoms with van der Waals surface area (Å²) in [5.41, 5.74) is 3.92. The summed E-state index contributed by atoms with van der Waals surface area (Å²) in [6.45, 7) is 2.20. The van der Waals surface area contributed by atoms with Crippen molar-refractivity contribution in [3.8, 4) is 17.0 Å². The van der Waals surface area contributed by atoms with Gasteiger partial charge < -0.3 is 17.1 Å². The van der Waals surface area contributed by atoms with E-state index in [-0.39, 0.29) is 12.4 Å². The molecular weight excluding hydrogens is 296 g/mol. The Hall–Kier alpha value is -2.00. The number of ether oxygens (including phenoxy) is 1. The summed E-state index contributed by atoms with van der Waals surface area (Å²) >= 11 is 0. The van der Waals surface area contributed by atoms with Crippen molar-refractivity contribution in [1.29, 1.82) is 0 Å². The summed E-state index contributed by atoms with van der Waals surface area (Å²) in [6, 6.07) is 17.1. The lowest BCUT2D eigenvalue weighted by Crippen LogP contribution is -3.00. The molecule has 0 radical (unpaired) electrons. The standard InChI is InChI=1S/C18H19N2O.ClH/c1-21-15-10-8-14(9-11-15)18-16-6-2-3-7-17(16)19-12-4-5-13-20(18)19;/h2-3,6-11H,4-5,12-13H2,1H3;1H/q+1;/p-1. The predicted molar refractivity (Wildman–Crippen MR) is 83.4 cm³/mol. The molecule has 1 aromatic heterocycles. The van der Waals surface area contributed by atoms with E-state index >= 15 is 0 Å². The van der Waals surface area contributed by atoms with Crippen molar-refractivity contribution in [1.82, 2.24) is 4.68 Å². The van der Waals surface area contributed by atoms with E-state index in [0.29, 0.717) is 0 Å². The van der Waals surface area contributed by atoms with Crippen LogP contribution in [0.5, 0.6) is 5.75 Å². The van der Waals surface area contributed by atoms with Gasteiger partial charge in [-0.05, 0) is 42.8 Å². The van der Waals surface area contributed by atoms with Gasteiger partial charge >= 0.3 is 0 Å². The van der Waals surface area contributed by atoms with Crippen molar-refractivity contribution >= 4 is 10.9 Å². The summed E-state index contributed by atoms with van der Waals surface area (Å²) in [6.07, 6.45) is 2.52. The van der Waals surface area contributed by atoms with Crippen LogP contribution >= 0.6 is 0 Å². The number of nitrogens with zero attached hydrogens (tertiary/aromatic N) is 2. The lowest BCUT2D eigenvalue weighted by molar-refractivity contribution is -0.770. The van der Waals surface area contributed by atoms with Gasteiger partial charge in [-0.25, -0.2) is 0 Å². The van der Waals surface area contributed by atoms with Crippen molar-refractivity contribution in [2.24, 2.45) is 0 Å². The van der Waals surface area contributed by atoms with E-state index < -0.39 is 0 Å². The van der Waals surface area contributed by atoms with Gasteiger partial charge in [0, 0.05) is 12.0 Å². The largest absolute Gasteiger partial charge is 1.00 e. The van der Waals surface area contributed by atoms with Gasteiger partial charge in [-0.3, -0.25) is 0 Å². The molecule has 114 valence electrons. The smallest absolute Gasteiger partial charge is 0.246 e. The van der Waals surface area contributed by atoms with E-state index in [4.69, 9.17) is 4.74 Å². The molecule has 0 fully saturated rings. The molecule has 0 saturated carbocycles. The van der Waals surface area contributed by atoms with E-state index in [9.17, 15) is 0 Å². The van der Waals surface area contributed by atoms with Gasteiger partial charge in [0.15, 0.2) is 6.54 Å². The first-order valence-electron chi connectivity index (χ1n) is 7.54. The summed E-state index contributed by atoms with van der Waals surface area (Å²) < 4.78 is 10.1. The van der Waals surface area contributed by atoms with Crippen LogP contribution in [0.1, 0.15) is 12.8 Å². The third-order valence-electron chi connectivity index (χ3n) is 4.34. The molecule has 0 aliphatic carbocycles. The third kappa shape index (κ3) is 2.26. The number of aryl methyl sites for hydroxylation is 1. The Morgan fingerprint density at radius 3 is 2.55 bits per heavy atom. The Labute approximate surface area is 136 Å². The molecule has 0 atom stereocenters. The van der Waals surface area contributed by atoms with Crippen molar-refractivity contribution in [3.05, 3.63) is 48.5 Å². The van der Waals surface area contributed by atoms with Crippen LogP contribution in [0, 0.1) is 0 Å². The van der Waals surface area contributed by atoms with Crippen molar-refractivity contribution < 1.29 is 21.8 Å². The quantitative estimate of drug-likeness (QED) is 0.626. The SMILES string of the molecule is COc1ccc(-c2c3ccccc3n3[n+]2CCCC3)cc1.[Cl-]. The highest BCUT2D eigenvalue weighted by Gasteiger charge is 2.27. The van der Waals surface area contributed by atoms with E-state index in [1.807, 2.05) is 12.1 Å². The Morgan fingerprint density at radius 2 is 1.77 bits per heavy atom. The fourth-order valence-electron chi connectivity index (χ4n) is 3.34. The fourth-order valence-corrected chi connectivity index (χ4v) is 3.34. The average molecular weight is 315 g/mol. The zero-order valence-electron chi connectivity index (χ0n) is 12.6. The first kappa shape index (κ1) is 14.9. The van der Waals surface area contributed by atoms with Gasteiger partial charge in [-0.15, -0.1) is 4.68 Å². The summed E-state index contributed by atoms with van der Waals surface area (Å²) in [5, 5.41) is 1.34. The van der Waals surface area contributed by atoms with Crippen LogP contribution in [0.15, 0.2) is 48.5 Å². The maximum atomic E-state index is 5.27. The van der Waals surface area contributed by atoms with Crippen molar-refractivity contribution in [2.75, 3.05) is 7.11 Å². The van der Waals surface area contributed by atoms with Crippen LogP contribution in [-0.2, 0) is 13.1 Å². The number of hydrogen-bond acceptors (Lipinski definition) is 1. The molecule has 3 aromatic rings. The van der Waals surface area contributed by atoms with Crippen LogP contribution in [0.2, 0.25) is 0 Å². The molecule has 2 heterocycles. The van der Waals surface area contributed by atoms with Crippen LogP contribution < -0.4 is 21.8 Å². The van der Waals surface area contributed by atoms with Gasteiger partial charge in [0.1, 0.15) is 11.3 Å². The van der Waals surface area contributed by atoms with E-state index in [1.165, 1.54) is 35.0 Å². The summed E-state index contributed by atoms with van der Waals surface area (Å²) in [4.78, 5) is 0. The number of rotatable bonds is 2. The second-order valence-corrected chi connectivity index (χ2v) is 5.55. The number of methoxy groups -OCH3 is 1. The zero-order chi connectivity index (χ0) is 14.2. The molecule has 0 saturated heterocycles. The molecular formula is C18H19ClN2O. The number of halogens is 1. The fraction of sp³-hybridized carbons (Fsp3) is 0.278. The topological polar surface area (TPSA) is 18.0 Å². The molecule has 0 amide bonds. The minimum absolute atomic E-state index is 0.